The number of fused-ring (bicyclic) bond motifs is 1. The summed E-state index contributed by atoms with van der Waals surface area (Å²) in [4.78, 5) is 0. The molecule has 0 spiro atoms. The van der Waals surface area contributed by atoms with Crippen molar-refractivity contribution in [3.05, 3.63) is 62.6 Å². The molecule has 5 nitrogen and oxygen atoms in total. The Balaban J connectivity index is 2.10. The molecular formula is C26H28BrO5P. The van der Waals surface area contributed by atoms with E-state index in [9.17, 15) is 0 Å². The van der Waals surface area contributed by atoms with E-state index in [4.69, 9.17) is 18.9 Å². The van der Waals surface area contributed by atoms with Crippen molar-refractivity contribution in [3.8, 4) is 23.0 Å². The topological polar surface area (TPSA) is 54.0 Å². The second-order valence-corrected chi connectivity index (χ2v) is 12.0. The van der Waals surface area contributed by atoms with Gasteiger partial charge in [0.25, 0.3) is 0 Å². The molecular weight excluding hydrogens is 503 g/mol. The van der Waals surface area contributed by atoms with Crippen molar-refractivity contribution in [2.75, 3.05) is 21.0 Å². The van der Waals surface area contributed by atoms with Gasteiger partial charge < -0.3 is 23.5 Å². The van der Waals surface area contributed by atoms with Crippen LogP contribution in [0.1, 0.15) is 27.8 Å². The number of methoxy groups -OCH3 is 2. The van der Waals surface area contributed by atoms with Gasteiger partial charge in [0.15, 0.2) is 18.6 Å². The van der Waals surface area contributed by atoms with Crippen LogP contribution in [-0.2, 0) is 4.57 Å². The SMILES string of the molecule is COc1c(C)cc(P(=O)(c2cc(C)c(OC)c(C)c2)c2cc(C)c3c(c2Br)OCO3)cc1C. The van der Waals surface area contributed by atoms with Gasteiger partial charge in [0.2, 0.25) is 6.79 Å². The van der Waals surface area contributed by atoms with Gasteiger partial charge in [-0.1, -0.05) is 0 Å². The van der Waals surface area contributed by atoms with E-state index in [1.165, 1.54) is 0 Å². The lowest BCUT2D eigenvalue weighted by atomic mass is 10.1. The Morgan fingerprint density at radius 3 is 1.58 bits per heavy atom. The molecule has 0 aromatic heterocycles. The normalized spacial score (nSPS) is 12.7. The van der Waals surface area contributed by atoms with E-state index < -0.39 is 7.14 Å². The van der Waals surface area contributed by atoms with Crippen LogP contribution in [0.3, 0.4) is 0 Å². The zero-order chi connectivity index (χ0) is 24.1. The van der Waals surface area contributed by atoms with Crippen LogP contribution in [0.2, 0.25) is 0 Å². The Bertz CT molecular complexity index is 1210. The van der Waals surface area contributed by atoms with Crippen LogP contribution >= 0.6 is 23.1 Å². The highest BCUT2D eigenvalue weighted by Crippen LogP contribution is 2.51. The fourth-order valence-electron chi connectivity index (χ4n) is 4.70. The first-order chi connectivity index (χ1) is 15.6. The number of ether oxygens (including phenoxy) is 4. The van der Waals surface area contributed by atoms with Crippen LogP contribution in [0.25, 0.3) is 0 Å². The molecule has 0 unspecified atom stereocenters. The first kappa shape index (κ1) is 23.7. The fourth-order valence-corrected chi connectivity index (χ4v) is 8.97. The highest BCUT2D eigenvalue weighted by molar-refractivity contribution is 9.10. The number of rotatable bonds is 5. The predicted molar refractivity (Wildman–Crippen MR) is 136 cm³/mol. The van der Waals surface area contributed by atoms with E-state index in [0.717, 1.165) is 49.9 Å². The van der Waals surface area contributed by atoms with Gasteiger partial charge in [-0.2, -0.15) is 0 Å². The highest BCUT2D eigenvalue weighted by Gasteiger charge is 2.37. The van der Waals surface area contributed by atoms with E-state index >= 15 is 4.57 Å². The van der Waals surface area contributed by atoms with Crippen molar-refractivity contribution < 1.29 is 23.5 Å². The van der Waals surface area contributed by atoms with E-state index in [1.807, 2.05) is 65.0 Å². The Morgan fingerprint density at radius 2 is 1.15 bits per heavy atom. The van der Waals surface area contributed by atoms with Crippen LogP contribution in [0.15, 0.2) is 34.8 Å². The fraction of sp³-hybridized carbons (Fsp3) is 0.308. The minimum atomic E-state index is -3.34. The summed E-state index contributed by atoms with van der Waals surface area (Å²) in [5.74, 6) is 2.87. The standard InChI is InChI=1S/C26H28BrO5P/c1-14-8-19(9-15(2)23(14)29-6)33(28,20-10-16(3)24(30-7)17(4)11-20)21-12-18(5)25-26(22(21)27)32-13-31-25/h8-12H,13H2,1-7H3. The lowest BCUT2D eigenvalue weighted by molar-refractivity contribution is 0.173. The molecule has 33 heavy (non-hydrogen) atoms. The Kier molecular flexibility index (Phi) is 6.28. The third kappa shape index (κ3) is 3.74. The molecule has 3 aromatic rings. The van der Waals surface area contributed by atoms with Gasteiger partial charge in [-0.3, -0.25) is 0 Å². The molecule has 0 saturated heterocycles. The molecule has 4 rings (SSSR count). The van der Waals surface area contributed by atoms with E-state index in [0.29, 0.717) is 21.3 Å². The van der Waals surface area contributed by atoms with Gasteiger partial charge in [-0.05, 0) is 109 Å². The lowest BCUT2D eigenvalue weighted by Gasteiger charge is -2.25. The summed E-state index contributed by atoms with van der Waals surface area (Å²) in [6.45, 7) is 10.00. The molecule has 0 N–H and O–H groups in total. The summed E-state index contributed by atoms with van der Waals surface area (Å²) in [6, 6.07) is 9.81. The predicted octanol–water partition coefficient (Wildman–Crippen LogP) is 5.38. The highest BCUT2D eigenvalue weighted by atomic mass is 79.9. The van der Waals surface area contributed by atoms with Crippen molar-refractivity contribution in [2.24, 2.45) is 0 Å². The maximum Gasteiger partial charge on any atom is 0.231 e. The van der Waals surface area contributed by atoms with Crippen molar-refractivity contribution in [1.29, 1.82) is 0 Å². The van der Waals surface area contributed by atoms with Crippen LogP contribution < -0.4 is 34.9 Å². The molecule has 0 fully saturated rings. The van der Waals surface area contributed by atoms with E-state index in [-0.39, 0.29) is 6.79 Å². The van der Waals surface area contributed by atoms with Gasteiger partial charge in [-0.25, -0.2) is 0 Å². The zero-order valence-electron chi connectivity index (χ0n) is 20.0. The molecule has 1 aliphatic rings. The van der Waals surface area contributed by atoms with Gasteiger partial charge in [0.1, 0.15) is 11.5 Å². The quantitative estimate of drug-likeness (QED) is 0.414. The van der Waals surface area contributed by atoms with Gasteiger partial charge in [-0.15, -0.1) is 0 Å². The molecule has 3 aromatic carbocycles. The Hall–Kier alpha value is -2.43. The number of benzene rings is 3. The molecule has 174 valence electrons. The first-order valence-corrected chi connectivity index (χ1v) is 13.1. The summed E-state index contributed by atoms with van der Waals surface area (Å²) in [7, 11) is -0.0245. The van der Waals surface area contributed by atoms with Gasteiger partial charge >= 0.3 is 0 Å². The summed E-state index contributed by atoms with van der Waals surface area (Å²) in [5, 5.41) is 2.15. The Morgan fingerprint density at radius 1 is 0.727 bits per heavy atom. The molecule has 0 atom stereocenters. The lowest BCUT2D eigenvalue weighted by Crippen LogP contribution is -2.27. The number of hydrogen-bond donors (Lipinski definition) is 0. The third-order valence-electron chi connectivity index (χ3n) is 6.11. The molecule has 7 heteroatoms. The third-order valence-corrected chi connectivity index (χ3v) is 10.2. The van der Waals surface area contributed by atoms with Gasteiger partial charge in [0.05, 0.1) is 18.7 Å². The smallest absolute Gasteiger partial charge is 0.231 e. The first-order valence-electron chi connectivity index (χ1n) is 10.6. The molecule has 0 saturated carbocycles. The molecule has 1 aliphatic heterocycles. The molecule has 0 radical (unpaired) electrons. The molecule has 0 amide bonds. The second kappa shape index (κ2) is 8.73. The second-order valence-electron chi connectivity index (χ2n) is 8.43. The Labute approximate surface area is 203 Å². The van der Waals surface area contributed by atoms with Crippen LogP contribution in [-0.4, -0.2) is 21.0 Å². The maximum atomic E-state index is 15.4. The summed E-state index contributed by atoms with van der Waals surface area (Å²) in [5.41, 5.74) is 4.61. The largest absolute Gasteiger partial charge is 0.496 e. The van der Waals surface area contributed by atoms with Crippen molar-refractivity contribution in [3.63, 3.8) is 0 Å². The number of halogens is 1. The number of aryl methyl sites for hydroxylation is 5. The van der Waals surface area contributed by atoms with Crippen molar-refractivity contribution in [2.45, 2.75) is 34.6 Å². The van der Waals surface area contributed by atoms with Gasteiger partial charge in [0, 0.05) is 15.9 Å². The average Bonchev–Trinajstić information content (AvgIpc) is 3.26. The molecule has 0 aliphatic carbocycles. The van der Waals surface area contributed by atoms with Crippen molar-refractivity contribution >= 4 is 39.0 Å². The average molecular weight is 531 g/mol. The van der Waals surface area contributed by atoms with E-state index in [2.05, 4.69) is 15.9 Å². The van der Waals surface area contributed by atoms with Crippen LogP contribution in [0, 0.1) is 34.6 Å². The van der Waals surface area contributed by atoms with Crippen LogP contribution in [0.4, 0.5) is 0 Å². The summed E-state index contributed by atoms with van der Waals surface area (Å²) < 4.78 is 38.6. The summed E-state index contributed by atoms with van der Waals surface area (Å²) in [6.07, 6.45) is 0. The molecule has 1 heterocycles. The monoisotopic (exact) mass is 530 g/mol. The summed E-state index contributed by atoms with van der Waals surface area (Å²) >= 11 is 3.70. The minimum Gasteiger partial charge on any atom is -0.496 e. The van der Waals surface area contributed by atoms with Crippen molar-refractivity contribution in [1.82, 2.24) is 0 Å². The minimum absolute atomic E-state index is 0.143. The molecule has 0 bridgehead atoms. The zero-order valence-corrected chi connectivity index (χ0v) is 22.4. The van der Waals surface area contributed by atoms with Crippen LogP contribution in [0.5, 0.6) is 23.0 Å². The number of hydrogen-bond acceptors (Lipinski definition) is 5. The van der Waals surface area contributed by atoms with E-state index in [1.54, 1.807) is 14.2 Å². The maximum absolute atomic E-state index is 15.4.